The summed E-state index contributed by atoms with van der Waals surface area (Å²) in [6, 6.07) is 0. The summed E-state index contributed by atoms with van der Waals surface area (Å²) < 4.78 is 4.88. The van der Waals surface area contributed by atoms with E-state index in [4.69, 9.17) is 9.84 Å². The molecule has 0 saturated carbocycles. The zero-order chi connectivity index (χ0) is 5.54. The predicted octanol–water partition coefficient (Wildman–Crippen LogP) is 0.0245. The van der Waals surface area contributed by atoms with Gasteiger partial charge in [-0.05, 0) is 6.42 Å². The minimum atomic E-state index is 0. The standard InChI is InChI=1S/C5H12O2.Na/c1-2-4-7-5-3-6;/h6H,2-5H2,1H3;. The van der Waals surface area contributed by atoms with Crippen LogP contribution in [0.4, 0.5) is 0 Å². The van der Waals surface area contributed by atoms with E-state index in [0.29, 0.717) is 6.61 Å². The summed E-state index contributed by atoms with van der Waals surface area (Å²) >= 11 is 0. The Balaban J connectivity index is 0. The summed E-state index contributed by atoms with van der Waals surface area (Å²) in [7, 11) is 0. The van der Waals surface area contributed by atoms with Crippen LogP contribution in [-0.2, 0) is 4.74 Å². The fraction of sp³-hybridized carbons (Fsp3) is 1.00. The second kappa shape index (κ2) is 10.8. The minimum Gasteiger partial charge on any atom is -0.394 e. The van der Waals surface area contributed by atoms with Crippen LogP contribution in [0.5, 0.6) is 0 Å². The molecule has 0 atom stereocenters. The van der Waals surface area contributed by atoms with Crippen LogP contribution in [0, 0.1) is 0 Å². The average Bonchev–Trinajstić information content (AvgIpc) is 1.69. The van der Waals surface area contributed by atoms with Gasteiger partial charge in [0.1, 0.15) is 0 Å². The van der Waals surface area contributed by atoms with Gasteiger partial charge in [0.25, 0.3) is 0 Å². The van der Waals surface area contributed by atoms with Crippen molar-refractivity contribution < 1.29 is 9.84 Å². The van der Waals surface area contributed by atoms with Crippen molar-refractivity contribution in [2.45, 2.75) is 13.3 Å². The van der Waals surface area contributed by atoms with E-state index in [2.05, 4.69) is 0 Å². The Labute approximate surface area is 72.5 Å². The van der Waals surface area contributed by atoms with Crippen LogP contribution in [0.15, 0.2) is 0 Å². The fourth-order valence-electron chi connectivity index (χ4n) is 0.311. The molecular weight excluding hydrogens is 115 g/mol. The van der Waals surface area contributed by atoms with Crippen molar-refractivity contribution in [2.75, 3.05) is 19.8 Å². The number of aliphatic hydroxyl groups is 1. The summed E-state index contributed by atoms with van der Waals surface area (Å²) in [6.45, 7) is 3.42. The van der Waals surface area contributed by atoms with Gasteiger partial charge in [0.15, 0.2) is 0 Å². The van der Waals surface area contributed by atoms with E-state index in [9.17, 15) is 0 Å². The summed E-state index contributed by atoms with van der Waals surface area (Å²) in [6.07, 6.45) is 1.03. The molecule has 0 aliphatic carbocycles. The van der Waals surface area contributed by atoms with Crippen LogP contribution in [-0.4, -0.2) is 54.5 Å². The van der Waals surface area contributed by atoms with Gasteiger partial charge in [-0.3, -0.25) is 0 Å². The van der Waals surface area contributed by atoms with Gasteiger partial charge < -0.3 is 9.84 Å². The van der Waals surface area contributed by atoms with Crippen molar-refractivity contribution in [1.29, 1.82) is 0 Å². The van der Waals surface area contributed by atoms with Gasteiger partial charge in [0.05, 0.1) is 13.2 Å². The SMILES string of the molecule is CCCOCCO.[Na]. The van der Waals surface area contributed by atoms with Crippen molar-refractivity contribution >= 4 is 29.6 Å². The van der Waals surface area contributed by atoms with Crippen LogP contribution in [0.25, 0.3) is 0 Å². The average molecular weight is 127 g/mol. The molecule has 0 heterocycles. The smallest absolute Gasteiger partial charge is 0.0697 e. The molecule has 0 rings (SSSR count). The Bertz CT molecular complexity index is 29.6. The molecule has 0 fully saturated rings. The molecule has 0 amide bonds. The van der Waals surface area contributed by atoms with Gasteiger partial charge >= 0.3 is 0 Å². The maximum absolute atomic E-state index is 8.17. The van der Waals surface area contributed by atoms with Gasteiger partial charge in [0, 0.05) is 36.2 Å². The second-order valence-electron chi connectivity index (χ2n) is 1.34. The monoisotopic (exact) mass is 127 g/mol. The zero-order valence-corrected chi connectivity index (χ0v) is 7.68. The molecule has 1 radical (unpaired) electrons. The molecule has 0 aromatic heterocycles. The van der Waals surface area contributed by atoms with Crippen molar-refractivity contribution in [3.63, 3.8) is 0 Å². The number of hydrogen-bond acceptors (Lipinski definition) is 2. The van der Waals surface area contributed by atoms with E-state index >= 15 is 0 Å². The molecule has 45 valence electrons. The first kappa shape index (κ1) is 11.7. The molecule has 8 heavy (non-hydrogen) atoms. The third kappa shape index (κ3) is 10.0. The maximum Gasteiger partial charge on any atom is 0.0697 e. The van der Waals surface area contributed by atoms with Crippen molar-refractivity contribution in [1.82, 2.24) is 0 Å². The third-order valence-corrected chi connectivity index (χ3v) is 0.584. The predicted molar refractivity (Wildman–Crippen MR) is 33.9 cm³/mol. The molecular formula is C5H12NaO2. The molecule has 0 aliphatic rings. The van der Waals surface area contributed by atoms with E-state index in [-0.39, 0.29) is 36.2 Å². The fourth-order valence-corrected chi connectivity index (χ4v) is 0.311. The quantitative estimate of drug-likeness (QED) is 0.426. The molecule has 2 nitrogen and oxygen atoms in total. The minimum absolute atomic E-state index is 0. The van der Waals surface area contributed by atoms with Crippen LogP contribution in [0.3, 0.4) is 0 Å². The number of aliphatic hydroxyl groups excluding tert-OH is 1. The molecule has 0 aromatic carbocycles. The number of ether oxygens (including phenoxy) is 1. The van der Waals surface area contributed by atoms with E-state index in [1.807, 2.05) is 6.92 Å². The Hall–Kier alpha value is 0.920. The second-order valence-corrected chi connectivity index (χ2v) is 1.34. The first-order valence-corrected chi connectivity index (χ1v) is 2.60. The largest absolute Gasteiger partial charge is 0.394 e. The Morgan fingerprint density at radius 2 is 2.00 bits per heavy atom. The van der Waals surface area contributed by atoms with Gasteiger partial charge in [-0.1, -0.05) is 6.92 Å². The van der Waals surface area contributed by atoms with Crippen molar-refractivity contribution in [3.05, 3.63) is 0 Å². The summed E-state index contributed by atoms with van der Waals surface area (Å²) in [5.41, 5.74) is 0. The van der Waals surface area contributed by atoms with Crippen LogP contribution in [0.1, 0.15) is 13.3 Å². The molecule has 1 N–H and O–H groups in total. The molecule has 0 unspecified atom stereocenters. The first-order chi connectivity index (χ1) is 3.41. The molecule has 0 bridgehead atoms. The van der Waals surface area contributed by atoms with Crippen molar-refractivity contribution in [2.24, 2.45) is 0 Å². The number of rotatable bonds is 4. The Morgan fingerprint density at radius 1 is 1.38 bits per heavy atom. The molecule has 0 aliphatic heterocycles. The summed E-state index contributed by atoms with van der Waals surface area (Å²) in [4.78, 5) is 0. The topological polar surface area (TPSA) is 29.5 Å². The Kier molecular flexibility index (Phi) is 15.8. The van der Waals surface area contributed by atoms with Crippen molar-refractivity contribution in [3.8, 4) is 0 Å². The molecule has 0 saturated heterocycles. The van der Waals surface area contributed by atoms with E-state index in [0.717, 1.165) is 13.0 Å². The number of hydrogen-bond donors (Lipinski definition) is 1. The molecule has 0 spiro atoms. The summed E-state index contributed by atoms with van der Waals surface area (Å²) in [5, 5.41) is 8.17. The van der Waals surface area contributed by atoms with E-state index < -0.39 is 0 Å². The third-order valence-electron chi connectivity index (χ3n) is 0.584. The van der Waals surface area contributed by atoms with Crippen LogP contribution < -0.4 is 0 Å². The molecule has 3 heteroatoms. The maximum atomic E-state index is 8.17. The van der Waals surface area contributed by atoms with E-state index in [1.54, 1.807) is 0 Å². The normalized spacial score (nSPS) is 8.25. The van der Waals surface area contributed by atoms with Gasteiger partial charge in [0.2, 0.25) is 0 Å². The van der Waals surface area contributed by atoms with Gasteiger partial charge in [-0.2, -0.15) is 0 Å². The molecule has 0 aromatic rings. The van der Waals surface area contributed by atoms with Crippen LogP contribution in [0.2, 0.25) is 0 Å². The van der Waals surface area contributed by atoms with Gasteiger partial charge in [-0.15, -0.1) is 0 Å². The first-order valence-electron chi connectivity index (χ1n) is 2.60. The van der Waals surface area contributed by atoms with Crippen LogP contribution >= 0.6 is 0 Å². The summed E-state index contributed by atoms with van der Waals surface area (Å²) in [5.74, 6) is 0. The zero-order valence-electron chi connectivity index (χ0n) is 5.68. The Morgan fingerprint density at radius 3 is 2.38 bits per heavy atom. The van der Waals surface area contributed by atoms with Gasteiger partial charge in [-0.25, -0.2) is 0 Å². The van der Waals surface area contributed by atoms with E-state index in [1.165, 1.54) is 0 Å².